The van der Waals surface area contributed by atoms with Gasteiger partial charge in [-0.05, 0) is 32.4 Å². The second-order valence-electron chi connectivity index (χ2n) is 5.12. The van der Waals surface area contributed by atoms with Crippen LogP contribution in [-0.2, 0) is 4.79 Å². The summed E-state index contributed by atoms with van der Waals surface area (Å²) in [5, 5.41) is 19.2. The Balaban J connectivity index is 0.000000816. The lowest BCUT2D eigenvalue weighted by Crippen LogP contribution is -2.39. The van der Waals surface area contributed by atoms with Gasteiger partial charge in [0.25, 0.3) is 17.9 Å². The van der Waals surface area contributed by atoms with Crippen LogP contribution in [0.5, 0.6) is 0 Å². The fourth-order valence-corrected chi connectivity index (χ4v) is 2.33. The third-order valence-corrected chi connectivity index (χ3v) is 3.32. The Morgan fingerprint density at radius 2 is 2.26 bits per heavy atom. The van der Waals surface area contributed by atoms with E-state index in [0.29, 0.717) is 13.1 Å². The molecule has 9 nitrogen and oxygen atoms in total. The van der Waals surface area contributed by atoms with Crippen LogP contribution in [0.2, 0.25) is 0 Å². The topological polar surface area (TPSA) is 136 Å². The standard InChI is InChI=1S/C13H20N4O3.CH2O2/c18-10-3-1-5-17(9-10)6-2-4-15-13(20)11-7-14-8-12(19)16-11;2-1-3/h7-8,10,18H,1-6,9H2,(H,15,20)(H,16,19);1H,(H,2,3). The zero-order valence-electron chi connectivity index (χ0n) is 12.8. The van der Waals surface area contributed by atoms with Gasteiger partial charge in [-0.25, -0.2) is 0 Å². The van der Waals surface area contributed by atoms with E-state index in [2.05, 4.69) is 20.2 Å². The van der Waals surface area contributed by atoms with Gasteiger partial charge in [0.05, 0.1) is 18.5 Å². The molecule has 128 valence electrons. The van der Waals surface area contributed by atoms with Crippen molar-refractivity contribution in [3.05, 3.63) is 28.4 Å². The van der Waals surface area contributed by atoms with Crippen molar-refractivity contribution in [3.63, 3.8) is 0 Å². The largest absolute Gasteiger partial charge is 0.483 e. The monoisotopic (exact) mass is 326 g/mol. The first-order valence-electron chi connectivity index (χ1n) is 7.37. The molecule has 1 atom stereocenters. The van der Waals surface area contributed by atoms with Gasteiger partial charge in [-0.3, -0.25) is 19.4 Å². The van der Waals surface area contributed by atoms with Gasteiger partial charge in [0.15, 0.2) is 0 Å². The van der Waals surface area contributed by atoms with E-state index in [9.17, 15) is 14.7 Å². The quantitative estimate of drug-likeness (QED) is 0.404. The molecule has 1 unspecified atom stereocenters. The summed E-state index contributed by atoms with van der Waals surface area (Å²) in [7, 11) is 0. The molecule has 1 aromatic heterocycles. The van der Waals surface area contributed by atoms with Crippen molar-refractivity contribution in [3.8, 4) is 0 Å². The molecule has 2 heterocycles. The first-order valence-corrected chi connectivity index (χ1v) is 7.37. The number of nitrogens with one attached hydrogen (secondary N) is 2. The van der Waals surface area contributed by atoms with Gasteiger partial charge in [-0.1, -0.05) is 0 Å². The molecule has 0 aliphatic carbocycles. The third kappa shape index (κ3) is 7.52. The van der Waals surface area contributed by atoms with Crippen LogP contribution in [0.15, 0.2) is 17.2 Å². The highest BCUT2D eigenvalue weighted by Gasteiger charge is 2.16. The zero-order chi connectivity index (χ0) is 17.1. The summed E-state index contributed by atoms with van der Waals surface area (Å²) >= 11 is 0. The van der Waals surface area contributed by atoms with E-state index in [1.807, 2.05) is 0 Å². The molecule has 0 saturated carbocycles. The van der Waals surface area contributed by atoms with E-state index in [-0.39, 0.29) is 29.7 Å². The van der Waals surface area contributed by atoms with E-state index in [4.69, 9.17) is 9.90 Å². The minimum atomic E-state index is -0.389. The third-order valence-electron chi connectivity index (χ3n) is 3.32. The summed E-state index contributed by atoms with van der Waals surface area (Å²) in [6, 6.07) is 0. The predicted octanol–water partition coefficient (Wildman–Crippen LogP) is -0.953. The number of carboxylic acid groups (broad SMARTS) is 1. The fourth-order valence-electron chi connectivity index (χ4n) is 2.33. The highest BCUT2D eigenvalue weighted by molar-refractivity contribution is 5.91. The Morgan fingerprint density at radius 3 is 2.91 bits per heavy atom. The average Bonchev–Trinajstić information content (AvgIpc) is 2.52. The van der Waals surface area contributed by atoms with Crippen molar-refractivity contribution in [2.75, 3.05) is 26.2 Å². The van der Waals surface area contributed by atoms with Crippen LogP contribution >= 0.6 is 0 Å². The fraction of sp³-hybridized carbons (Fsp3) is 0.571. The normalized spacial score (nSPS) is 17.7. The van der Waals surface area contributed by atoms with Gasteiger partial charge < -0.3 is 25.4 Å². The van der Waals surface area contributed by atoms with Crippen LogP contribution in [0.4, 0.5) is 0 Å². The Morgan fingerprint density at radius 1 is 1.52 bits per heavy atom. The molecule has 0 radical (unpaired) electrons. The number of nitrogens with zero attached hydrogens (tertiary/aromatic N) is 2. The zero-order valence-corrected chi connectivity index (χ0v) is 12.8. The number of likely N-dealkylation sites (tertiary alicyclic amines) is 1. The van der Waals surface area contributed by atoms with Crippen LogP contribution < -0.4 is 10.9 Å². The number of piperidine rings is 1. The van der Waals surface area contributed by atoms with Crippen LogP contribution in [0, 0.1) is 0 Å². The molecule has 23 heavy (non-hydrogen) atoms. The van der Waals surface area contributed by atoms with E-state index >= 15 is 0 Å². The Labute approximate surface area is 133 Å². The highest BCUT2D eigenvalue weighted by Crippen LogP contribution is 2.09. The van der Waals surface area contributed by atoms with Crippen molar-refractivity contribution >= 4 is 12.4 Å². The number of H-pyrrole nitrogens is 1. The SMILES string of the molecule is O=C(NCCCN1CCCC(O)C1)c1cncc(=O)[nH]1.O=CO. The van der Waals surface area contributed by atoms with Crippen molar-refractivity contribution in [2.24, 2.45) is 0 Å². The van der Waals surface area contributed by atoms with Gasteiger partial charge in [0.2, 0.25) is 0 Å². The second kappa shape index (κ2) is 10.5. The molecule has 1 saturated heterocycles. The number of amides is 1. The first-order chi connectivity index (χ1) is 11.1. The maximum atomic E-state index is 11.7. The Hall–Kier alpha value is -2.26. The molecule has 4 N–H and O–H groups in total. The van der Waals surface area contributed by atoms with Crippen molar-refractivity contribution in [2.45, 2.75) is 25.4 Å². The van der Waals surface area contributed by atoms with E-state index in [1.54, 1.807) is 0 Å². The number of aromatic amines is 1. The first kappa shape index (κ1) is 18.8. The van der Waals surface area contributed by atoms with Crippen molar-refractivity contribution < 1.29 is 19.8 Å². The van der Waals surface area contributed by atoms with Crippen LogP contribution in [0.3, 0.4) is 0 Å². The molecule has 1 aliphatic heterocycles. The van der Waals surface area contributed by atoms with E-state index in [0.717, 1.165) is 38.5 Å². The number of hydrogen-bond donors (Lipinski definition) is 4. The molecule has 0 aromatic carbocycles. The number of aliphatic hydroxyl groups is 1. The summed E-state index contributed by atoms with van der Waals surface area (Å²) in [6.45, 7) is 2.84. The van der Waals surface area contributed by atoms with Gasteiger partial charge in [-0.15, -0.1) is 0 Å². The van der Waals surface area contributed by atoms with Gasteiger partial charge >= 0.3 is 0 Å². The summed E-state index contributed by atoms with van der Waals surface area (Å²) in [5.74, 6) is -0.325. The number of carbonyl (C=O) groups is 2. The molecule has 1 fully saturated rings. The molecule has 2 rings (SSSR count). The maximum Gasteiger partial charge on any atom is 0.290 e. The van der Waals surface area contributed by atoms with Crippen molar-refractivity contribution in [1.29, 1.82) is 0 Å². The maximum absolute atomic E-state index is 11.7. The second-order valence-corrected chi connectivity index (χ2v) is 5.12. The lowest BCUT2D eigenvalue weighted by molar-refractivity contribution is -0.122. The molecular formula is C14H22N4O5. The summed E-state index contributed by atoms with van der Waals surface area (Å²) in [4.78, 5) is 39.4. The molecule has 1 aliphatic rings. The number of hydrogen-bond acceptors (Lipinski definition) is 6. The molecule has 1 amide bonds. The molecule has 0 spiro atoms. The molecule has 9 heteroatoms. The van der Waals surface area contributed by atoms with Gasteiger partial charge in [0.1, 0.15) is 5.69 Å². The minimum Gasteiger partial charge on any atom is -0.483 e. The molecular weight excluding hydrogens is 304 g/mol. The lowest BCUT2D eigenvalue weighted by Gasteiger charge is -2.29. The smallest absolute Gasteiger partial charge is 0.290 e. The van der Waals surface area contributed by atoms with Gasteiger partial charge in [0, 0.05) is 13.1 Å². The number of aromatic nitrogens is 2. The average molecular weight is 326 g/mol. The van der Waals surface area contributed by atoms with Crippen LogP contribution in [0.1, 0.15) is 29.8 Å². The highest BCUT2D eigenvalue weighted by atomic mass is 16.3. The summed E-state index contributed by atoms with van der Waals surface area (Å²) in [6.07, 6.45) is 4.93. The molecule has 0 bridgehead atoms. The minimum absolute atomic E-state index is 0.172. The summed E-state index contributed by atoms with van der Waals surface area (Å²) in [5.41, 5.74) is -0.217. The van der Waals surface area contributed by atoms with Crippen molar-refractivity contribution in [1.82, 2.24) is 20.2 Å². The van der Waals surface area contributed by atoms with Crippen LogP contribution in [0.25, 0.3) is 0 Å². The number of β-amino-alcohol motifs (C(OH)–C–C–N with tert-alkyl or cyclic N) is 1. The lowest BCUT2D eigenvalue weighted by atomic mass is 10.1. The Kier molecular flexibility index (Phi) is 8.55. The number of rotatable bonds is 5. The Bertz CT molecular complexity index is 548. The van der Waals surface area contributed by atoms with Gasteiger partial charge in [-0.2, -0.15) is 0 Å². The summed E-state index contributed by atoms with van der Waals surface area (Å²) < 4.78 is 0. The predicted molar refractivity (Wildman–Crippen MR) is 82.2 cm³/mol. The molecule has 1 aromatic rings. The van der Waals surface area contributed by atoms with E-state index in [1.165, 1.54) is 6.20 Å². The van der Waals surface area contributed by atoms with E-state index < -0.39 is 0 Å². The number of aliphatic hydroxyl groups excluding tert-OH is 1. The van der Waals surface area contributed by atoms with Crippen LogP contribution in [-0.4, -0.2) is 69.7 Å². The number of carbonyl (C=O) groups excluding carboxylic acids is 1.